The Morgan fingerprint density at radius 1 is 1.20 bits per heavy atom. The number of aryl methyl sites for hydroxylation is 1. The van der Waals surface area contributed by atoms with E-state index in [0.717, 1.165) is 6.42 Å². The van der Waals surface area contributed by atoms with Crippen LogP contribution in [0.5, 0.6) is 0 Å². The van der Waals surface area contributed by atoms with Gasteiger partial charge in [0.05, 0.1) is 18.0 Å². The number of amides is 2. The minimum Gasteiger partial charge on any atom is -0.373 e. The molecule has 25 heavy (non-hydrogen) atoms. The van der Waals surface area contributed by atoms with Gasteiger partial charge in [0.1, 0.15) is 0 Å². The van der Waals surface area contributed by atoms with E-state index in [2.05, 4.69) is 17.6 Å². The van der Waals surface area contributed by atoms with Crippen molar-refractivity contribution >= 4 is 21.7 Å². The van der Waals surface area contributed by atoms with Crippen molar-refractivity contribution in [3.05, 3.63) is 29.8 Å². The summed E-state index contributed by atoms with van der Waals surface area (Å²) in [6.45, 7) is 6.53. The Kier molecular flexibility index (Phi) is 6.80. The molecule has 2 atom stereocenters. The maximum Gasteiger partial charge on any atom is 0.319 e. The topological polar surface area (TPSA) is 87.7 Å². The number of urea groups is 1. The quantitative estimate of drug-likeness (QED) is 0.800. The Morgan fingerprint density at radius 3 is 2.36 bits per heavy atom. The van der Waals surface area contributed by atoms with Crippen molar-refractivity contribution in [1.29, 1.82) is 0 Å². The van der Waals surface area contributed by atoms with Gasteiger partial charge in [-0.2, -0.15) is 4.31 Å². The van der Waals surface area contributed by atoms with E-state index in [0.29, 0.717) is 18.8 Å². The number of benzene rings is 1. The number of ether oxygens (including phenoxy) is 1. The predicted molar refractivity (Wildman–Crippen MR) is 98.2 cm³/mol. The number of morpholine rings is 1. The van der Waals surface area contributed by atoms with Crippen LogP contribution >= 0.6 is 0 Å². The molecule has 2 amide bonds. The highest BCUT2D eigenvalue weighted by atomic mass is 32.2. The third-order valence-corrected chi connectivity index (χ3v) is 5.85. The van der Waals surface area contributed by atoms with E-state index in [-0.39, 0.29) is 24.5 Å². The molecule has 1 aromatic rings. The number of hydrogen-bond donors (Lipinski definition) is 2. The fraction of sp³-hybridized carbons (Fsp3) is 0.588. The van der Waals surface area contributed by atoms with Gasteiger partial charge >= 0.3 is 6.03 Å². The number of nitrogens with zero attached hydrogens (tertiary/aromatic N) is 1. The highest BCUT2D eigenvalue weighted by Gasteiger charge is 2.30. The summed E-state index contributed by atoms with van der Waals surface area (Å²) in [5.41, 5.74) is 1.86. The lowest BCUT2D eigenvalue weighted by molar-refractivity contribution is -0.0440. The second kappa shape index (κ2) is 8.64. The Hall–Kier alpha value is -1.64. The second-order valence-electron chi connectivity index (χ2n) is 6.32. The summed E-state index contributed by atoms with van der Waals surface area (Å²) in [4.78, 5) is 11.9. The molecule has 1 saturated heterocycles. The van der Waals surface area contributed by atoms with E-state index in [1.54, 1.807) is 0 Å². The first-order valence-corrected chi connectivity index (χ1v) is 10.2. The molecule has 0 aliphatic carbocycles. The van der Waals surface area contributed by atoms with E-state index < -0.39 is 16.1 Å². The van der Waals surface area contributed by atoms with Crippen LogP contribution in [0.25, 0.3) is 0 Å². The Bertz CT molecular complexity index is 666. The number of anilines is 1. The lowest BCUT2D eigenvalue weighted by Crippen LogP contribution is -2.49. The van der Waals surface area contributed by atoms with Crippen molar-refractivity contribution < 1.29 is 17.9 Å². The van der Waals surface area contributed by atoms with Crippen LogP contribution in [0.4, 0.5) is 10.5 Å². The fourth-order valence-corrected chi connectivity index (χ4v) is 4.27. The third-order valence-electron chi connectivity index (χ3n) is 4.05. The summed E-state index contributed by atoms with van der Waals surface area (Å²) in [6, 6.07) is 7.13. The maximum atomic E-state index is 12.4. The van der Waals surface area contributed by atoms with Crippen LogP contribution in [0.15, 0.2) is 24.3 Å². The Labute approximate surface area is 149 Å². The first kappa shape index (κ1) is 19.7. The monoisotopic (exact) mass is 369 g/mol. The van der Waals surface area contributed by atoms with Gasteiger partial charge in [-0.3, -0.25) is 0 Å². The molecule has 140 valence electrons. The minimum absolute atomic E-state index is 0.0569. The van der Waals surface area contributed by atoms with Gasteiger partial charge in [0.15, 0.2) is 0 Å². The molecule has 1 aliphatic rings. The molecular weight excluding hydrogens is 342 g/mol. The minimum atomic E-state index is -3.42. The van der Waals surface area contributed by atoms with E-state index in [4.69, 9.17) is 4.74 Å². The molecule has 2 N–H and O–H groups in total. The lowest BCUT2D eigenvalue weighted by atomic mass is 10.1. The second-order valence-corrected chi connectivity index (χ2v) is 8.41. The van der Waals surface area contributed by atoms with Gasteiger partial charge in [0.2, 0.25) is 10.0 Å². The average Bonchev–Trinajstić information content (AvgIpc) is 2.54. The maximum absolute atomic E-state index is 12.4. The molecule has 1 fully saturated rings. The van der Waals surface area contributed by atoms with Crippen LogP contribution in [0, 0.1) is 0 Å². The number of carbonyl (C=O) groups is 1. The largest absolute Gasteiger partial charge is 0.373 e. The smallest absolute Gasteiger partial charge is 0.319 e. The molecule has 8 heteroatoms. The summed E-state index contributed by atoms with van der Waals surface area (Å²) < 4.78 is 31.8. The standard InChI is InChI=1S/C17H27N3O4S/c1-4-15-5-7-16(8-6-15)19-17(21)18-9-10-25(22,23)20-11-13(2)24-14(3)12-20/h5-8,13-14H,4,9-12H2,1-3H3,(H2,18,19,21). The van der Waals surface area contributed by atoms with E-state index in [1.807, 2.05) is 38.1 Å². The number of nitrogens with one attached hydrogen (secondary N) is 2. The number of sulfonamides is 1. The van der Waals surface area contributed by atoms with Gasteiger partial charge in [-0.25, -0.2) is 13.2 Å². The molecule has 7 nitrogen and oxygen atoms in total. The summed E-state index contributed by atoms with van der Waals surface area (Å²) in [5, 5.41) is 5.28. The predicted octanol–water partition coefficient (Wildman–Crippen LogP) is 1.81. The highest BCUT2D eigenvalue weighted by molar-refractivity contribution is 7.89. The van der Waals surface area contributed by atoms with Crippen molar-refractivity contribution in [1.82, 2.24) is 9.62 Å². The molecule has 0 saturated carbocycles. The van der Waals surface area contributed by atoms with Gasteiger partial charge in [0.25, 0.3) is 0 Å². The number of carbonyl (C=O) groups excluding carboxylic acids is 1. The fourth-order valence-electron chi connectivity index (χ4n) is 2.78. The zero-order valence-electron chi connectivity index (χ0n) is 15.0. The van der Waals surface area contributed by atoms with E-state index in [1.165, 1.54) is 9.87 Å². The van der Waals surface area contributed by atoms with Crippen LogP contribution in [0.2, 0.25) is 0 Å². The van der Waals surface area contributed by atoms with Crippen LogP contribution in [-0.2, 0) is 21.2 Å². The van der Waals surface area contributed by atoms with E-state index >= 15 is 0 Å². The van der Waals surface area contributed by atoms with Gasteiger partial charge in [-0.15, -0.1) is 0 Å². The van der Waals surface area contributed by atoms with E-state index in [9.17, 15) is 13.2 Å². The normalized spacial score (nSPS) is 21.7. The van der Waals surface area contributed by atoms with Crippen LogP contribution < -0.4 is 10.6 Å². The van der Waals surface area contributed by atoms with Crippen LogP contribution in [0.3, 0.4) is 0 Å². The van der Waals surface area contributed by atoms with Crippen molar-refractivity contribution in [3.63, 3.8) is 0 Å². The Morgan fingerprint density at radius 2 is 1.80 bits per heavy atom. The third kappa shape index (κ3) is 5.98. The van der Waals surface area contributed by atoms with Crippen molar-refractivity contribution in [3.8, 4) is 0 Å². The summed E-state index contributed by atoms with van der Waals surface area (Å²) in [7, 11) is -3.42. The summed E-state index contributed by atoms with van der Waals surface area (Å²) in [5.74, 6) is -0.130. The van der Waals surface area contributed by atoms with Crippen molar-refractivity contribution in [2.24, 2.45) is 0 Å². The molecule has 2 unspecified atom stereocenters. The molecule has 0 radical (unpaired) electrons. The number of rotatable bonds is 6. The zero-order valence-corrected chi connectivity index (χ0v) is 15.8. The van der Waals surface area contributed by atoms with Crippen molar-refractivity contribution in [2.45, 2.75) is 39.4 Å². The van der Waals surface area contributed by atoms with Crippen LogP contribution in [-0.4, -0.2) is 56.3 Å². The summed E-state index contributed by atoms with van der Waals surface area (Å²) in [6.07, 6.45) is 0.685. The molecule has 1 heterocycles. The van der Waals surface area contributed by atoms with Crippen LogP contribution in [0.1, 0.15) is 26.3 Å². The molecular formula is C17H27N3O4S. The summed E-state index contributed by atoms with van der Waals surface area (Å²) >= 11 is 0. The van der Waals surface area contributed by atoms with Gasteiger partial charge in [-0.05, 0) is 38.0 Å². The lowest BCUT2D eigenvalue weighted by Gasteiger charge is -2.34. The zero-order chi connectivity index (χ0) is 18.4. The average molecular weight is 369 g/mol. The first-order valence-electron chi connectivity index (χ1n) is 8.57. The molecule has 0 bridgehead atoms. The first-order chi connectivity index (χ1) is 11.8. The Balaban J connectivity index is 1.79. The van der Waals surface area contributed by atoms with Crippen molar-refractivity contribution in [2.75, 3.05) is 30.7 Å². The molecule has 1 aliphatic heterocycles. The van der Waals surface area contributed by atoms with Gasteiger partial charge in [-0.1, -0.05) is 19.1 Å². The molecule has 1 aromatic carbocycles. The number of hydrogen-bond acceptors (Lipinski definition) is 4. The van der Waals surface area contributed by atoms with Gasteiger partial charge in [0, 0.05) is 25.3 Å². The highest BCUT2D eigenvalue weighted by Crippen LogP contribution is 2.14. The molecule has 2 rings (SSSR count). The molecule has 0 aromatic heterocycles. The SMILES string of the molecule is CCc1ccc(NC(=O)NCCS(=O)(=O)N2CC(C)OC(C)C2)cc1. The van der Waals surface area contributed by atoms with Gasteiger partial charge < -0.3 is 15.4 Å². The molecule has 0 spiro atoms.